The molecule has 1 aromatic heterocycles. The van der Waals surface area contributed by atoms with Crippen molar-refractivity contribution in [1.82, 2.24) is 19.8 Å². The van der Waals surface area contributed by atoms with Gasteiger partial charge in [-0.15, -0.1) is 0 Å². The van der Waals surface area contributed by atoms with Crippen molar-refractivity contribution >= 4 is 0 Å². The molecule has 2 N–H and O–H groups in total. The third-order valence-corrected chi connectivity index (χ3v) is 3.55. The average Bonchev–Trinajstić information content (AvgIpc) is 2.84. The summed E-state index contributed by atoms with van der Waals surface area (Å²) in [5, 5.41) is 13.0. The van der Waals surface area contributed by atoms with Crippen LogP contribution in [0.5, 0.6) is 0 Å². The molecule has 0 spiro atoms. The number of nitrogens with zero attached hydrogens (tertiary/aromatic N) is 3. The fraction of sp³-hybridized carbons (Fsp3) is 0.769. The third kappa shape index (κ3) is 3.10. The Balaban J connectivity index is 1.93. The Labute approximate surface area is 109 Å². The average molecular weight is 252 g/mol. The Kier molecular flexibility index (Phi) is 4.37. The Bertz CT molecular complexity index is 379. The summed E-state index contributed by atoms with van der Waals surface area (Å²) in [6.45, 7) is 9.08. The summed E-state index contributed by atoms with van der Waals surface area (Å²) >= 11 is 0. The van der Waals surface area contributed by atoms with Crippen molar-refractivity contribution in [2.24, 2.45) is 0 Å². The summed E-state index contributed by atoms with van der Waals surface area (Å²) in [6, 6.07) is 0. The van der Waals surface area contributed by atoms with E-state index in [-0.39, 0.29) is 12.1 Å². The molecule has 1 atom stereocenters. The van der Waals surface area contributed by atoms with E-state index in [9.17, 15) is 5.11 Å². The fourth-order valence-electron chi connectivity index (χ4n) is 2.44. The quantitative estimate of drug-likeness (QED) is 0.772. The monoisotopic (exact) mass is 252 g/mol. The van der Waals surface area contributed by atoms with Gasteiger partial charge in [-0.1, -0.05) is 6.92 Å². The van der Waals surface area contributed by atoms with Crippen LogP contribution in [-0.4, -0.2) is 51.3 Å². The van der Waals surface area contributed by atoms with Crippen LogP contribution in [0.4, 0.5) is 0 Å². The van der Waals surface area contributed by atoms with Gasteiger partial charge < -0.3 is 15.0 Å². The van der Waals surface area contributed by atoms with Gasteiger partial charge in [0.15, 0.2) is 0 Å². The van der Waals surface area contributed by atoms with E-state index in [0.29, 0.717) is 0 Å². The zero-order valence-corrected chi connectivity index (χ0v) is 11.4. The van der Waals surface area contributed by atoms with E-state index < -0.39 is 0 Å². The van der Waals surface area contributed by atoms with Crippen molar-refractivity contribution in [3.63, 3.8) is 0 Å². The van der Waals surface area contributed by atoms with Crippen molar-refractivity contribution in [3.8, 4) is 0 Å². The number of rotatable bonds is 6. The SMILES string of the molecule is CCCNC(C)(CO)CN1CCn2ccnc2C1. The minimum Gasteiger partial charge on any atom is -0.394 e. The number of fused-ring (bicyclic) bond motifs is 1. The van der Waals surface area contributed by atoms with Crippen LogP contribution >= 0.6 is 0 Å². The summed E-state index contributed by atoms with van der Waals surface area (Å²) in [7, 11) is 0. The highest BCUT2D eigenvalue weighted by Crippen LogP contribution is 2.14. The topological polar surface area (TPSA) is 53.3 Å². The predicted molar refractivity (Wildman–Crippen MR) is 71.3 cm³/mol. The molecule has 1 aliphatic rings. The molecule has 18 heavy (non-hydrogen) atoms. The van der Waals surface area contributed by atoms with Crippen molar-refractivity contribution in [1.29, 1.82) is 0 Å². The van der Waals surface area contributed by atoms with E-state index in [4.69, 9.17) is 0 Å². The minimum atomic E-state index is -0.217. The molecule has 1 unspecified atom stereocenters. The highest BCUT2D eigenvalue weighted by Gasteiger charge is 2.27. The Morgan fingerprint density at radius 1 is 1.50 bits per heavy atom. The van der Waals surface area contributed by atoms with Crippen LogP contribution in [0.25, 0.3) is 0 Å². The van der Waals surface area contributed by atoms with Crippen LogP contribution in [0.3, 0.4) is 0 Å². The molecule has 0 amide bonds. The molecule has 2 heterocycles. The van der Waals surface area contributed by atoms with Crippen LogP contribution in [0.15, 0.2) is 12.4 Å². The highest BCUT2D eigenvalue weighted by atomic mass is 16.3. The van der Waals surface area contributed by atoms with Crippen molar-refractivity contribution in [2.75, 3.05) is 26.2 Å². The first-order valence-corrected chi connectivity index (χ1v) is 6.75. The summed E-state index contributed by atoms with van der Waals surface area (Å²) < 4.78 is 2.20. The van der Waals surface area contributed by atoms with E-state index in [1.54, 1.807) is 0 Å². The van der Waals surface area contributed by atoms with Crippen LogP contribution < -0.4 is 5.32 Å². The number of aliphatic hydroxyl groups excluding tert-OH is 1. The molecule has 2 rings (SSSR count). The third-order valence-electron chi connectivity index (χ3n) is 3.55. The number of aliphatic hydroxyl groups is 1. The fourth-order valence-corrected chi connectivity index (χ4v) is 2.44. The molecular formula is C13H24N4O. The normalized spacial score (nSPS) is 19.5. The molecule has 0 aliphatic carbocycles. The van der Waals surface area contributed by atoms with Gasteiger partial charge in [0.05, 0.1) is 18.7 Å². The lowest BCUT2D eigenvalue weighted by Gasteiger charge is -2.37. The second kappa shape index (κ2) is 5.82. The van der Waals surface area contributed by atoms with Gasteiger partial charge in [-0.3, -0.25) is 4.90 Å². The molecule has 1 aliphatic heterocycles. The van der Waals surface area contributed by atoms with Crippen molar-refractivity contribution < 1.29 is 5.11 Å². The zero-order chi connectivity index (χ0) is 13.0. The second-order valence-corrected chi connectivity index (χ2v) is 5.39. The van der Waals surface area contributed by atoms with E-state index in [1.807, 2.05) is 12.4 Å². The summed E-state index contributed by atoms with van der Waals surface area (Å²) in [5.41, 5.74) is -0.217. The number of aromatic nitrogens is 2. The molecule has 5 nitrogen and oxygen atoms in total. The first-order chi connectivity index (χ1) is 8.67. The Hall–Kier alpha value is -0.910. The molecular weight excluding hydrogens is 228 g/mol. The lowest BCUT2D eigenvalue weighted by Crippen LogP contribution is -2.55. The molecule has 0 fully saturated rings. The maximum atomic E-state index is 9.59. The molecule has 1 aromatic rings. The summed E-state index contributed by atoms with van der Waals surface area (Å²) in [5.74, 6) is 1.12. The van der Waals surface area contributed by atoms with E-state index in [0.717, 1.165) is 45.0 Å². The van der Waals surface area contributed by atoms with Crippen molar-refractivity contribution in [2.45, 2.75) is 38.9 Å². The van der Waals surface area contributed by atoms with Crippen LogP contribution in [-0.2, 0) is 13.1 Å². The van der Waals surface area contributed by atoms with Crippen LogP contribution in [0.2, 0.25) is 0 Å². The van der Waals surface area contributed by atoms with Gasteiger partial charge in [0, 0.05) is 32.0 Å². The molecule has 0 aromatic carbocycles. The minimum absolute atomic E-state index is 0.165. The van der Waals surface area contributed by atoms with Gasteiger partial charge in [-0.25, -0.2) is 4.98 Å². The van der Waals surface area contributed by atoms with Gasteiger partial charge in [-0.05, 0) is 19.9 Å². The maximum absolute atomic E-state index is 9.59. The largest absolute Gasteiger partial charge is 0.394 e. The molecule has 0 saturated heterocycles. The predicted octanol–water partition coefficient (Wildman–Crippen LogP) is 0.449. The lowest BCUT2D eigenvalue weighted by atomic mass is 10.0. The first kappa shape index (κ1) is 13.5. The van der Waals surface area contributed by atoms with E-state index in [1.165, 1.54) is 0 Å². The highest BCUT2D eigenvalue weighted by molar-refractivity contribution is 4.97. The van der Waals surface area contributed by atoms with E-state index >= 15 is 0 Å². The van der Waals surface area contributed by atoms with Gasteiger partial charge >= 0.3 is 0 Å². The van der Waals surface area contributed by atoms with Gasteiger partial charge in [0.2, 0.25) is 0 Å². The summed E-state index contributed by atoms with van der Waals surface area (Å²) in [4.78, 5) is 6.73. The summed E-state index contributed by atoms with van der Waals surface area (Å²) in [6.07, 6.45) is 4.98. The molecule has 5 heteroatoms. The maximum Gasteiger partial charge on any atom is 0.122 e. The van der Waals surface area contributed by atoms with Gasteiger partial charge in [0.25, 0.3) is 0 Å². The van der Waals surface area contributed by atoms with Gasteiger partial charge in [0.1, 0.15) is 5.82 Å². The number of hydrogen-bond acceptors (Lipinski definition) is 4. The number of nitrogens with one attached hydrogen (secondary N) is 1. The zero-order valence-electron chi connectivity index (χ0n) is 11.4. The number of hydrogen-bond donors (Lipinski definition) is 2. The van der Waals surface area contributed by atoms with Crippen molar-refractivity contribution in [3.05, 3.63) is 18.2 Å². The van der Waals surface area contributed by atoms with Gasteiger partial charge in [-0.2, -0.15) is 0 Å². The number of imidazole rings is 1. The lowest BCUT2D eigenvalue weighted by molar-refractivity contribution is 0.104. The second-order valence-electron chi connectivity index (χ2n) is 5.39. The van der Waals surface area contributed by atoms with E-state index in [2.05, 4.69) is 33.6 Å². The van der Waals surface area contributed by atoms with Crippen LogP contribution in [0.1, 0.15) is 26.1 Å². The molecule has 102 valence electrons. The van der Waals surface area contributed by atoms with Crippen LogP contribution in [0, 0.1) is 0 Å². The molecule has 0 saturated carbocycles. The smallest absolute Gasteiger partial charge is 0.122 e. The standard InChI is InChI=1S/C13H24N4O/c1-3-4-15-13(2,11-18)10-16-7-8-17-6-5-14-12(17)9-16/h5-6,15,18H,3-4,7-11H2,1-2H3. The molecule has 0 radical (unpaired) electrons. The molecule has 0 bridgehead atoms. The Morgan fingerprint density at radius 2 is 2.33 bits per heavy atom. The first-order valence-electron chi connectivity index (χ1n) is 6.75. The Morgan fingerprint density at radius 3 is 3.06 bits per heavy atom.